The van der Waals surface area contributed by atoms with Crippen LogP contribution in [0.25, 0.3) is 0 Å². The molecule has 0 fully saturated rings. The third kappa shape index (κ3) is 2.73. The maximum atomic E-state index is 10.8. The molecule has 1 rings (SSSR count). The molecular weight excluding hydrogens is 208 g/mol. The number of carboxylic acid groups (broad SMARTS) is 1. The number of aliphatic carboxylic acids is 1. The average molecular weight is 224 g/mol. The maximum absolute atomic E-state index is 10.8. The zero-order valence-electron chi connectivity index (χ0n) is 9.43. The van der Waals surface area contributed by atoms with E-state index in [1.807, 2.05) is 6.92 Å². The molecule has 1 aromatic rings. The monoisotopic (exact) mass is 224 g/mol. The Morgan fingerprint density at radius 2 is 1.94 bits per heavy atom. The van der Waals surface area contributed by atoms with Gasteiger partial charge in [0.1, 0.15) is 5.75 Å². The van der Waals surface area contributed by atoms with E-state index in [0.717, 1.165) is 6.42 Å². The Balaban J connectivity index is 2.82. The van der Waals surface area contributed by atoms with E-state index >= 15 is 0 Å². The highest BCUT2D eigenvalue weighted by Crippen LogP contribution is 2.23. The molecule has 16 heavy (non-hydrogen) atoms. The number of hydrogen-bond acceptors (Lipinski definition) is 3. The number of aliphatic hydroxyl groups is 1. The standard InChI is InChI=1S/C12H16O4/c1-3-8-16-10-6-4-9(5-7-10)12(2,15)11(13)14/h4-7,15H,3,8H2,1-2H3,(H,13,14). The maximum Gasteiger partial charge on any atom is 0.340 e. The molecule has 2 N–H and O–H groups in total. The zero-order valence-corrected chi connectivity index (χ0v) is 9.43. The van der Waals surface area contributed by atoms with Crippen LogP contribution in [0.15, 0.2) is 24.3 Å². The average Bonchev–Trinajstić information content (AvgIpc) is 2.26. The van der Waals surface area contributed by atoms with Crippen molar-refractivity contribution in [3.8, 4) is 5.75 Å². The van der Waals surface area contributed by atoms with Crippen LogP contribution in [-0.4, -0.2) is 22.8 Å². The molecule has 0 heterocycles. The van der Waals surface area contributed by atoms with E-state index < -0.39 is 11.6 Å². The summed E-state index contributed by atoms with van der Waals surface area (Å²) in [5, 5.41) is 18.5. The minimum absolute atomic E-state index is 0.337. The minimum atomic E-state index is -1.86. The quantitative estimate of drug-likeness (QED) is 0.799. The Morgan fingerprint density at radius 1 is 1.38 bits per heavy atom. The van der Waals surface area contributed by atoms with Crippen molar-refractivity contribution < 1.29 is 19.7 Å². The van der Waals surface area contributed by atoms with E-state index in [2.05, 4.69) is 0 Å². The van der Waals surface area contributed by atoms with Crippen molar-refractivity contribution in [3.05, 3.63) is 29.8 Å². The third-order valence-corrected chi connectivity index (χ3v) is 2.31. The van der Waals surface area contributed by atoms with E-state index in [1.54, 1.807) is 24.3 Å². The van der Waals surface area contributed by atoms with E-state index in [9.17, 15) is 9.90 Å². The molecule has 1 unspecified atom stereocenters. The first-order valence-corrected chi connectivity index (χ1v) is 5.17. The highest BCUT2D eigenvalue weighted by molar-refractivity contribution is 5.78. The molecule has 4 nitrogen and oxygen atoms in total. The van der Waals surface area contributed by atoms with Gasteiger partial charge in [-0.1, -0.05) is 19.1 Å². The fourth-order valence-corrected chi connectivity index (χ4v) is 1.22. The summed E-state index contributed by atoms with van der Waals surface area (Å²) in [6, 6.07) is 6.42. The number of carbonyl (C=O) groups is 1. The van der Waals surface area contributed by atoms with Gasteiger partial charge in [0.2, 0.25) is 0 Å². The molecule has 0 aliphatic carbocycles. The molecule has 0 radical (unpaired) electrons. The lowest BCUT2D eigenvalue weighted by Crippen LogP contribution is -2.31. The highest BCUT2D eigenvalue weighted by Gasteiger charge is 2.31. The molecule has 0 aliphatic rings. The summed E-state index contributed by atoms with van der Waals surface area (Å²) in [6.07, 6.45) is 0.911. The lowest BCUT2D eigenvalue weighted by Gasteiger charge is -2.18. The van der Waals surface area contributed by atoms with E-state index in [4.69, 9.17) is 9.84 Å². The van der Waals surface area contributed by atoms with E-state index in [1.165, 1.54) is 6.92 Å². The second-order valence-corrected chi connectivity index (χ2v) is 3.75. The Bertz CT molecular complexity index is 354. The smallest absolute Gasteiger partial charge is 0.340 e. The first-order valence-electron chi connectivity index (χ1n) is 5.17. The number of hydrogen-bond donors (Lipinski definition) is 2. The van der Waals surface area contributed by atoms with Crippen LogP contribution < -0.4 is 4.74 Å². The van der Waals surface area contributed by atoms with Crippen molar-refractivity contribution >= 4 is 5.97 Å². The lowest BCUT2D eigenvalue weighted by atomic mass is 9.96. The van der Waals surface area contributed by atoms with Gasteiger partial charge in [-0.15, -0.1) is 0 Å². The third-order valence-electron chi connectivity index (χ3n) is 2.31. The fraction of sp³-hybridized carbons (Fsp3) is 0.417. The SMILES string of the molecule is CCCOc1ccc(C(C)(O)C(=O)O)cc1. The second kappa shape index (κ2) is 4.99. The molecule has 0 amide bonds. The van der Waals surface area contributed by atoms with Gasteiger partial charge in [-0.25, -0.2) is 4.79 Å². The topological polar surface area (TPSA) is 66.8 Å². The van der Waals surface area contributed by atoms with E-state index in [0.29, 0.717) is 17.9 Å². The van der Waals surface area contributed by atoms with E-state index in [-0.39, 0.29) is 0 Å². The summed E-state index contributed by atoms with van der Waals surface area (Å²) in [5.41, 5.74) is -1.52. The summed E-state index contributed by atoms with van der Waals surface area (Å²) < 4.78 is 5.35. The zero-order chi connectivity index (χ0) is 12.2. The fourth-order valence-electron chi connectivity index (χ4n) is 1.22. The van der Waals surface area contributed by atoms with Gasteiger partial charge >= 0.3 is 5.97 Å². The molecule has 0 spiro atoms. The summed E-state index contributed by atoms with van der Waals surface area (Å²) >= 11 is 0. The molecule has 4 heteroatoms. The van der Waals surface area contributed by atoms with Crippen molar-refractivity contribution in [1.82, 2.24) is 0 Å². The second-order valence-electron chi connectivity index (χ2n) is 3.75. The minimum Gasteiger partial charge on any atom is -0.494 e. The van der Waals surface area contributed by atoms with Gasteiger partial charge in [0.15, 0.2) is 5.60 Å². The Kier molecular flexibility index (Phi) is 3.90. The van der Waals surface area contributed by atoms with Gasteiger partial charge in [-0.3, -0.25) is 0 Å². The van der Waals surface area contributed by atoms with Crippen molar-refractivity contribution in [2.75, 3.05) is 6.61 Å². The predicted octanol–water partition coefficient (Wildman–Crippen LogP) is 1.77. The van der Waals surface area contributed by atoms with Crippen LogP contribution >= 0.6 is 0 Å². The summed E-state index contributed by atoms with van der Waals surface area (Å²) in [7, 11) is 0. The largest absolute Gasteiger partial charge is 0.494 e. The molecule has 88 valence electrons. The molecule has 0 aromatic heterocycles. The number of carboxylic acids is 1. The molecule has 0 saturated heterocycles. The van der Waals surface area contributed by atoms with Crippen LogP contribution in [0.3, 0.4) is 0 Å². The molecule has 1 atom stereocenters. The highest BCUT2D eigenvalue weighted by atomic mass is 16.5. The first-order chi connectivity index (χ1) is 7.48. The van der Waals surface area contributed by atoms with Crippen LogP contribution in [0.4, 0.5) is 0 Å². The lowest BCUT2D eigenvalue weighted by molar-refractivity contribution is -0.157. The van der Waals surface area contributed by atoms with Gasteiger partial charge < -0.3 is 14.9 Å². The first kappa shape index (κ1) is 12.5. The number of rotatable bonds is 5. The number of ether oxygens (including phenoxy) is 1. The van der Waals surface area contributed by atoms with Crippen LogP contribution in [-0.2, 0) is 10.4 Å². The molecule has 0 saturated carbocycles. The Morgan fingerprint density at radius 3 is 2.38 bits per heavy atom. The molecule has 0 aliphatic heterocycles. The summed E-state index contributed by atoms with van der Waals surface area (Å²) in [5.74, 6) is -0.596. The van der Waals surface area contributed by atoms with Crippen LogP contribution in [0.1, 0.15) is 25.8 Å². The van der Waals surface area contributed by atoms with Crippen LogP contribution in [0.2, 0.25) is 0 Å². The van der Waals surface area contributed by atoms with Gasteiger partial charge in [0.25, 0.3) is 0 Å². The van der Waals surface area contributed by atoms with Crippen molar-refractivity contribution in [2.45, 2.75) is 25.9 Å². The van der Waals surface area contributed by atoms with Gasteiger partial charge in [0, 0.05) is 0 Å². The Labute approximate surface area is 94.5 Å². The van der Waals surface area contributed by atoms with Crippen molar-refractivity contribution in [1.29, 1.82) is 0 Å². The normalized spacial score (nSPS) is 14.2. The molecule has 1 aromatic carbocycles. The van der Waals surface area contributed by atoms with Crippen LogP contribution in [0, 0.1) is 0 Å². The molecule has 0 bridgehead atoms. The van der Waals surface area contributed by atoms with Crippen molar-refractivity contribution in [3.63, 3.8) is 0 Å². The summed E-state index contributed by atoms with van der Waals surface area (Å²) in [6.45, 7) is 3.87. The van der Waals surface area contributed by atoms with Crippen molar-refractivity contribution in [2.24, 2.45) is 0 Å². The Hall–Kier alpha value is -1.55. The summed E-state index contributed by atoms with van der Waals surface area (Å²) in [4.78, 5) is 10.8. The van der Waals surface area contributed by atoms with Gasteiger partial charge in [0.05, 0.1) is 6.61 Å². The van der Waals surface area contributed by atoms with Gasteiger partial charge in [-0.05, 0) is 31.0 Å². The molecular formula is C12H16O4. The van der Waals surface area contributed by atoms with Crippen LogP contribution in [0.5, 0.6) is 5.75 Å². The predicted molar refractivity (Wildman–Crippen MR) is 59.4 cm³/mol. The van der Waals surface area contributed by atoms with Gasteiger partial charge in [-0.2, -0.15) is 0 Å². The number of benzene rings is 1.